The molecule has 1 atom stereocenters. The highest BCUT2D eigenvalue weighted by atomic mass is 16.5. The molecule has 1 N–H and O–H groups in total. The molecule has 2 aliphatic heterocycles. The molecular formula is C20H25N3O3. The summed E-state index contributed by atoms with van der Waals surface area (Å²) < 4.78 is 7.36. The van der Waals surface area contributed by atoms with E-state index in [-0.39, 0.29) is 17.6 Å². The van der Waals surface area contributed by atoms with Gasteiger partial charge in [-0.15, -0.1) is 0 Å². The van der Waals surface area contributed by atoms with Gasteiger partial charge in [-0.1, -0.05) is 12.8 Å². The van der Waals surface area contributed by atoms with Crippen molar-refractivity contribution in [2.75, 3.05) is 13.2 Å². The number of amides is 1. The molecule has 0 radical (unpaired) electrons. The summed E-state index contributed by atoms with van der Waals surface area (Å²) in [6.45, 7) is 2.04. The fourth-order valence-corrected chi connectivity index (χ4v) is 3.85. The maximum absolute atomic E-state index is 12.8. The molecule has 1 aromatic carbocycles. The van der Waals surface area contributed by atoms with Crippen LogP contribution in [0.25, 0.3) is 10.9 Å². The predicted octanol–water partition coefficient (Wildman–Crippen LogP) is 2.42. The number of nitrogens with one attached hydrogen (secondary N) is 1. The average molecular weight is 355 g/mol. The Kier molecular flexibility index (Phi) is 5.02. The van der Waals surface area contributed by atoms with Crippen LogP contribution in [-0.4, -0.2) is 34.7 Å². The van der Waals surface area contributed by atoms with Crippen LogP contribution in [0.5, 0.6) is 0 Å². The van der Waals surface area contributed by atoms with Crippen molar-refractivity contribution in [3.05, 3.63) is 39.9 Å². The third-order valence-corrected chi connectivity index (χ3v) is 5.34. The maximum atomic E-state index is 12.8. The van der Waals surface area contributed by atoms with Crippen LogP contribution in [0, 0.1) is 0 Å². The van der Waals surface area contributed by atoms with Gasteiger partial charge in [0.2, 0.25) is 0 Å². The van der Waals surface area contributed by atoms with Crippen molar-refractivity contribution >= 4 is 16.8 Å². The zero-order chi connectivity index (χ0) is 17.9. The summed E-state index contributed by atoms with van der Waals surface area (Å²) in [5.41, 5.74) is 1.17. The molecule has 6 nitrogen and oxygen atoms in total. The summed E-state index contributed by atoms with van der Waals surface area (Å²) >= 11 is 0. The van der Waals surface area contributed by atoms with Crippen LogP contribution in [0.2, 0.25) is 0 Å². The summed E-state index contributed by atoms with van der Waals surface area (Å²) in [7, 11) is 0. The Bertz CT molecular complexity index is 868. The molecule has 26 heavy (non-hydrogen) atoms. The molecule has 2 aliphatic rings. The highest BCUT2D eigenvalue weighted by Gasteiger charge is 2.18. The van der Waals surface area contributed by atoms with Crippen LogP contribution in [0.1, 0.15) is 54.7 Å². The third kappa shape index (κ3) is 3.51. The Morgan fingerprint density at radius 3 is 2.96 bits per heavy atom. The summed E-state index contributed by atoms with van der Waals surface area (Å²) in [5, 5.41) is 3.51. The van der Waals surface area contributed by atoms with E-state index in [0.717, 1.165) is 57.5 Å². The third-order valence-electron chi connectivity index (χ3n) is 5.34. The fraction of sp³-hybridized carbons (Fsp3) is 0.550. The van der Waals surface area contributed by atoms with E-state index in [1.165, 1.54) is 6.42 Å². The van der Waals surface area contributed by atoms with E-state index in [1.807, 2.05) is 4.57 Å². The van der Waals surface area contributed by atoms with E-state index >= 15 is 0 Å². The van der Waals surface area contributed by atoms with E-state index in [0.29, 0.717) is 23.0 Å². The number of fused-ring (bicyclic) bond motifs is 2. The number of carbonyl (C=O) groups excluding carboxylic acids is 1. The number of ether oxygens (including phenoxy) is 1. The van der Waals surface area contributed by atoms with Gasteiger partial charge in [0.1, 0.15) is 5.82 Å². The molecule has 1 saturated heterocycles. The normalized spacial score (nSPS) is 20.4. The van der Waals surface area contributed by atoms with Crippen molar-refractivity contribution in [3.8, 4) is 0 Å². The lowest BCUT2D eigenvalue weighted by Crippen LogP contribution is -2.32. The Labute approximate surface area is 152 Å². The largest absolute Gasteiger partial charge is 0.376 e. The van der Waals surface area contributed by atoms with E-state index in [1.54, 1.807) is 18.2 Å². The number of carbonyl (C=O) groups is 1. The average Bonchev–Trinajstić information content (AvgIpc) is 3.14. The highest BCUT2D eigenvalue weighted by Crippen LogP contribution is 2.17. The van der Waals surface area contributed by atoms with E-state index in [4.69, 9.17) is 9.72 Å². The lowest BCUT2D eigenvalue weighted by Gasteiger charge is -2.16. The Hall–Kier alpha value is -2.21. The molecule has 1 aromatic heterocycles. The van der Waals surface area contributed by atoms with Gasteiger partial charge >= 0.3 is 0 Å². The number of hydrogen-bond acceptors (Lipinski definition) is 4. The minimum absolute atomic E-state index is 0.0122. The number of benzene rings is 1. The van der Waals surface area contributed by atoms with Gasteiger partial charge < -0.3 is 10.1 Å². The first-order valence-corrected chi connectivity index (χ1v) is 9.65. The lowest BCUT2D eigenvalue weighted by molar-refractivity contribution is 0.0858. The number of aromatic nitrogens is 2. The second-order valence-electron chi connectivity index (χ2n) is 7.23. The van der Waals surface area contributed by atoms with Crippen molar-refractivity contribution < 1.29 is 9.53 Å². The summed E-state index contributed by atoms with van der Waals surface area (Å²) in [4.78, 5) is 30.0. The van der Waals surface area contributed by atoms with Gasteiger partial charge in [-0.25, -0.2) is 4.98 Å². The minimum atomic E-state index is -0.143. The van der Waals surface area contributed by atoms with Crippen LogP contribution in [0.3, 0.4) is 0 Å². The van der Waals surface area contributed by atoms with Crippen LogP contribution in [-0.2, 0) is 17.7 Å². The van der Waals surface area contributed by atoms with Gasteiger partial charge in [-0.3, -0.25) is 14.2 Å². The maximum Gasteiger partial charge on any atom is 0.261 e. The predicted molar refractivity (Wildman–Crippen MR) is 99.5 cm³/mol. The van der Waals surface area contributed by atoms with E-state index < -0.39 is 0 Å². The van der Waals surface area contributed by atoms with Crippen molar-refractivity contribution in [3.63, 3.8) is 0 Å². The van der Waals surface area contributed by atoms with Crippen LogP contribution < -0.4 is 10.9 Å². The van der Waals surface area contributed by atoms with Crippen molar-refractivity contribution in [2.24, 2.45) is 0 Å². The molecule has 1 unspecified atom stereocenters. The molecule has 4 rings (SSSR count). The molecule has 0 spiro atoms. The smallest absolute Gasteiger partial charge is 0.261 e. The van der Waals surface area contributed by atoms with Crippen LogP contribution in [0.4, 0.5) is 0 Å². The summed E-state index contributed by atoms with van der Waals surface area (Å²) in [6, 6.07) is 5.19. The van der Waals surface area contributed by atoms with Gasteiger partial charge in [0.05, 0.1) is 17.0 Å². The SMILES string of the molecule is O=C(NCC1CCCO1)c1ccc2c(=O)n3c(nc2c1)CCCCCC3. The first-order chi connectivity index (χ1) is 12.7. The second-order valence-corrected chi connectivity index (χ2v) is 7.23. The van der Waals surface area contributed by atoms with Crippen molar-refractivity contribution in [1.82, 2.24) is 14.9 Å². The van der Waals surface area contributed by atoms with Crippen molar-refractivity contribution in [2.45, 2.75) is 57.6 Å². The number of rotatable bonds is 3. The summed E-state index contributed by atoms with van der Waals surface area (Å²) in [5.74, 6) is 0.704. The van der Waals surface area contributed by atoms with Gasteiger partial charge in [0.15, 0.2) is 0 Å². The zero-order valence-corrected chi connectivity index (χ0v) is 15.0. The van der Waals surface area contributed by atoms with Gasteiger partial charge in [-0.05, 0) is 43.9 Å². The first-order valence-electron chi connectivity index (χ1n) is 9.65. The summed E-state index contributed by atoms with van der Waals surface area (Å²) in [6.07, 6.45) is 7.39. The molecule has 1 amide bonds. The van der Waals surface area contributed by atoms with E-state index in [2.05, 4.69) is 5.32 Å². The van der Waals surface area contributed by atoms with Gasteiger partial charge in [0.25, 0.3) is 11.5 Å². The van der Waals surface area contributed by atoms with Crippen LogP contribution >= 0.6 is 0 Å². The van der Waals surface area contributed by atoms with E-state index in [9.17, 15) is 9.59 Å². The molecule has 2 aromatic rings. The molecule has 6 heteroatoms. The first kappa shape index (κ1) is 17.2. The standard InChI is InChI=1S/C20H25N3O3/c24-19(21-13-15-6-5-11-26-15)14-8-9-16-17(12-14)22-18-7-3-1-2-4-10-23(18)20(16)25/h8-9,12,15H,1-7,10-11,13H2,(H,21,24). The minimum Gasteiger partial charge on any atom is -0.376 e. The Morgan fingerprint density at radius 1 is 1.23 bits per heavy atom. The van der Waals surface area contributed by atoms with Crippen LogP contribution in [0.15, 0.2) is 23.0 Å². The second kappa shape index (κ2) is 7.58. The fourth-order valence-electron chi connectivity index (χ4n) is 3.85. The topological polar surface area (TPSA) is 73.2 Å². The molecule has 138 valence electrons. The lowest BCUT2D eigenvalue weighted by atomic mass is 10.1. The molecule has 1 fully saturated rings. The molecule has 0 aliphatic carbocycles. The molecule has 3 heterocycles. The number of aryl methyl sites for hydroxylation is 1. The Balaban J connectivity index is 1.60. The van der Waals surface area contributed by atoms with Crippen molar-refractivity contribution in [1.29, 1.82) is 0 Å². The molecular weight excluding hydrogens is 330 g/mol. The highest BCUT2D eigenvalue weighted by molar-refractivity contribution is 5.97. The molecule has 0 bridgehead atoms. The Morgan fingerprint density at radius 2 is 2.12 bits per heavy atom. The quantitative estimate of drug-likeness (QED) is 0.918. The molecule has 0 saturated carbocycles. The monoisotopic (exact) mass is 355 g/mol. The van der Waals surface area contributed by atoms with Gasteiger partial charge in [0, 0.05) is 31.7 Å². The zero-order valence-electron chi connectivity index (χ0n) is 15.0. The number of hydrogen-bond donors (Lipinski definition) is 1. The van der Waals surface area contributed by atoms with Gasteiger partial charge in [-0.2, -0.15) is 0 Å². The number of nitrogens with zero attached hydrogens (tertiary/aromatic N) is 2.